The predicted octanol–water partition coefficient (Wildman–Crippen LogP) is 3.32. The first-order valence-corrected chi connectivity index (χ1v) is 7.13. The molecule has 2 N–H and O–H groups in total. The number of carbonyl (C=O) groups is 1. The number of halogens is 1. The summed E-state index contributed by atoms with van der Waals surface area (Å²) in [7, 11) is 0. The molecular formula is C15H17ClN4O. The fourth-order valence-corrected chi connectivity index (χ4v) is 1.91. The van der Waals surface area contributed by atoms with Gasteiger partial charge in [0.1, 0.15) is 5.69 Å². The summed E-state index contributed by atoms with van der Waals surface area (Å²) < 4.78 is 0. The smallest absolute Gasteiger partial charge is 0.270 e. The minimum atomic E-state index is -0.204. The fourth-order valence-electron chi connectivity index (χ4n) is 1.74. The van der Waals surface area contributed by atoms with Gasteiger partial charge in [0.15, 0.2) is 0 Å². The number of benzene rings is 1. The van der Waals surface area contributed by atoms with Gasteiger partial charge in [-0.3, -0.25) is 4.79 Å². The molecule has 0 spiro atoms. The number of hydrogen-bond donors (Lipinski definition) is 2. The Labute approximate surface area is 128 Å². The molecule has 1 aromatic heterocycles. The molecule has 0 aliphatic heterocycles. The highest BCUT2D eigenvalue weighted by Gasteiger charge is 2.09. The highest BCUT2D eigenvalue weighted by atomic mass is 35.5. The predicted molar refractivity (Wildman–Crippen MR) is 84.1 cm³/mol. The Balaban J connectivity index is 2.18. The van der Waals surface area contributed by atoms with Crippen molar-refractivity contribution in [3.8, 4) is 0 Å². The molecule has 0 radical (unpaired) electrons. The maximum Gasteiger partial charge on any atom is 0.270 e. The van der Waals surface area contributed by atoms with Crippen LogP contribution in [0, 0.1) is 6.92 Å². The normalized spacial score (nSPS) is 10.2. The topological polar surface area (TPSA) is 66.9 Å². The van der Waals surface area contributed by atoms with E-state index in [0.717, 1.165) is 17.7 Å². The molecule has 0 atom stereocenters. The lowest BCUT2D eigenvalue weighted by atomic mass is 10.2. The van der Waals surface area contributed by atoms with Crippen molar-refractivity contribution in [1.82, 2.24) is 15.3 Å². The van der Waals surface area contributed by atoms with Crippen molar-refractivity contribution in [3.05, 3.63) is 46.7 Å². The largest absolute Gasteiger partial charge is 0.351 e. The average Bonchev–Trinajstić information content (AvgIpc) is 2.50. The zero-order chi connectivity index (χ0) is 15.2. The Morgan fingerprint density at radius 3 is 2.90 bits per heavy atom. The SMILES string of the molecule is CCCNC(=O)c1ccnc(Nc2cccc(Cl)c2C)n1. The van der Waals surface area contributed by atoms with E-state index < -0.39 is 0 Å². The van der Waals surface area contributed by atoms with Crippen LogP contribution in [0.25, 0.3) is 0 Å². The summed E-state index contributed by atoms with van der Waals surface area (Å²) in [5.41, 5.74) is 2.05. The third-order valence-corrected chi connectivity index (χ3v) is 3.35. The molecule has 1 heterocycles. The van der Waals surface area contributed by atoms with Gasteiger partial charge >= 0.3 is 0 Å². The zero-order valence-electron chi connectivity index (χ0n) is 12.0. The molecule has 1 aromatic carbocycles. The first kappa shape index (κ1) is 15.3. The second kappa shape index (κ2) is 7.04. The van der Waals surface area contributed by atoms with E-state index in [1.807, 2.05) is 32.0 Å². The Hall–Kier alpha value is -2.14. The van der Waals surface area contributed by atoms with E-state index in [-0.39, 0.29) is 5.91 Å². The van der Waals surface area contributed by atoms with Crippen LogP contribution in [0.2, 0.25) is 5.02 Å². The monoisotopic (exact) mass is 304 g/mol. The highest BCUT2D eigenvalue weighted by Crippen LogP contribution is 2.24. The lowest BCUT2D eigenvalue weighted by molar-refractivity contribution is 0.0948. The molecule has 6 heteroatoms. The molecule has 0 bridgehead atoms. The van der Waals surface area contributed by atoms with Crippen LogP contribution >= 0.6 is 11.6 Å². The minimum absolute atomic E-state index is 0.204. The summed E-state index contributed by atoms with van der Waals surface area (Å²) >= 11 is 6.07. The van der Waals surface area contributed by atoms with Gasteiger partial charge in [0.25, 0.3) is 5.91 Å². The van der Waals surface area contributed by atoms with Crippen LogP contribution in [-0.2, 0) is 0 Å². The number of rotatable bonds is 5. The quantitative estimate of drug-likeness (QED) is 0.889. The molecule has 0 aliphatic rings. The molecule has 0 aliphatic carbocycles. The van der Waals surface area contributed by atoms with Gasteiger partial charge in [0, 0.05) is 23.5 Å². The Morgan fingerprint density at radius 2 is 2.14 bits per heavy atom. The van der Waals surface area contributed by atoms with Crippen LogP contribution in [0.3, 0.4) is 0 Å². The molecule has 21 heavy (non-hydrogen) atoms. The number of amides is 1. The van der Waals surface area contributed by atoms with Crippen LogP contribution in [0.5, 0.6) is 0 Å². The van der Waals surface area contributed by atoms with Crippen molar-refractivity contribution in [2.24, 2.45) is 0 Å². The summed E-state index contributed by atoms with van der Waals surface area (Å²) in [4.78, 5) is 20.2. The van der Waals surface area contributed by atoms with Crippen molar-refractivity contribution in [2.45, 2.75) is 20.3 Å². The highest BCUT2D eigenvalue weighted by molar-refractivity contribution is 6.31. The van der Waals surface area contributed by atoms with Crippen molar-refractivity contribution < 1.29 is 4.79 Å². The van der Waals surface area contributed by atoms with Crippen molar-refractivity contribution >= 4 is 29.1 Å². The van der Waals surface area contributed by atoms with Crippen molar-refractivity contribution in [3.63, 3.8) is 0 Å². The van der Waals surface area contributed by atoms with Crippen LogP contribution in [-0.4, -0.2) is 22.4 Å². The van der Waals surface area contributed by atoms with Crippen LogP contribution in [0.1, 0.15) is 29.4 Å². The number of carbonyl (C=O) groups excluding carboxylic acids is 1. The number of anilines is 2. The molecule has 2 aromatic rings. The Kier molecular flexibility index (Phi) is 5.11. The van der Waals surface area contributed by atoms with E-state index in [1.165, 1.54) is 0 Å². The molecule has 110 valence electrons. The van der Waals surface area contributed by atoms with Crippen LogP contribution in [0.15, 0.2) is 30.5 Å². The first-order valence-electron chi connectivity index (χ1n) is 6.75. The number of nitrogens with one attached hydrogen (secondary N) is 2. The number of aromatic nitrogens is 2. The van der Waals surface area contributed by atoms with Crippen LogP contribution in [0.4, 0.5) is 11.6 Å². The van der Waals surface area contributed by atoms with E-state index in [9.17, 15) is 4.79 Å². The molecule has 2 rings (SSSR count). The van der Waals surface area contributed by atoms with Gasteiger partial charge in [-0.05, 0) is 37.1 Å². The van der Waals surface area contributed by atoms with Gasteiger partial charge in [-0.25, -0.2) is 9.97 Å². The zero-order valence-corrected chi connectivity index (χ0v) is 12.7. The maximum atomic E-state index is 11.9. The molecule has 0 fully saturated rings. The van der Waals surface area contributed by atoms with E-state index >= 15 is 0 Å². The molecule has 0 saturated heterocycles. The summed E-state index contributed by atoms with van der Waals surface area (Å²) in [5, 5.41) is 6.52. The Morgan fingerprint density at radius 1 is 1.33 bits per heavy atom. The molecule has 1 amide bonds. The van der Waals surface area contributed by atoms with E-state index in [2.05, 4.69) is 20.6 Å². The second-order valence-corrected chi connectivity index (χ2v) is 4.97. The summed E-state index contributed by atoms with van der Waals surface area (Å²) in [6.07, 6.45) is 2.43. The summed E-state index contributed by atoms with van der Waals surface area (Å²) in [5.74, 6) is 0.162. The van der Waals surface area contributed by atoms with Crippen molar-refractivity contribution in [1.29, 1.82) is 0 Å². The molecule has 5 nitrogen and oxygen atoms in total. The van der Waals surface area contributed by atoms with Gasteiger partial charge in [0.05, 0.1) is 0 Å². The van der Waals surface area contributed by atoms with Gasteiger partial charge in [-0.15, -0.1) is 0 Å². The number of nitrogens with zero attached hydrogens (tertiary/aromatic N) is 2. The maximum absolute atomic E-state index is 11.9. The lowest BCUT2D eigenvalue weighted by Gasteiger charge is -2.10. The van der Waals surface area contributed by atoms with E-state index in [1.54, 1.807) is 12.3 Å². The molecule has 0 saturated carbocycles. The van der Waals surface area contributed by atoms with E-state index in [0.29, 0.717) is 23.2 Å². The standard InChI is InChI=1S/C15H17ClN4O/c1-3-8-17-14(21)13-7-9-18-15(20-13)19-12-6-4-5-11(16)10(12)2/h4-7,9H,3,8H2,1-2H3,(H,17,21)(H,18,19,20). The molecular weight excluding hydrogens is 288 g/mol. The third-order valence-electron chi connectivity index (χ3n) is 2.94. The summed E-state index contributed by atoms with van der Waals surface area (Å²) in [6.45, 7) is 4.52. The van der Waals surface area contributed by atoms with Crippen LogP contribution < -0.4 is 10.6 Å². The van der Waals surface area contributed by atoms with Gasteiger partial charge < -0.3 is 10.6 Å². The minimum Gasteiger partial charge on any atom is -0.351 e. The average molecular weight is 305 g/mol. The first-order chi connectivity index (χ1) is 10.1. The lowest BCUT2D eigenvalue weighted by Crippen LogP contribution is -2.25. The van der Waals surface area contributed by atoms with E-state index in [4.69, 9.17) is 11.6 Å². The van der Waals surface area contributed by atoms with Crippen molar-refractivity contribution in [2.75, 3.05) is 11.9 Å². The second-order valence-electron chi connectivity index (χ2n) is 4.56. The molecule has 0 unspecified atom stereocenters. The van der Waals surface area contributed by atoms with Gasteiger partial charge in [-0.2, -0.15) is 0 Å². The fraction of sp³-hybridized carbons (Fsp3) is 0.267. The van der Waals surface area contributed by atoms with Gasteiger partial charge in [0.2, 0.25) is 5.95 Å². The Bertz CT molecular complexity index is 645. The summed E-state index contributed by atoms with van der Waals surface area (Å²) in [6, 6.07) is 7.13. The van der Waals surface area contributed by atoms with Gasteiger partial charge in [-0.1, -0.05) is 24.6 Å². The third kappa shape index (κ3) is 3.92. The number of hydrogen-bond acceptors (Lipinski definition) is 4.